The summed E-state index contributed by atoms with van der Waals surface area (Å²) in [5.41, 5.74) is 0. The summed E-state index contributed by atoms with van der Waals surface area (Å²) in [6, 6.07) is 5.57. The van der Waals surface area contributed by atoms with Crippen molar-refractivity contribution in [2.75, 3.05) is 25.2 Å². The van der Waals surface area contributed by atoms with E-state index in [0.717, 1.165) is 18.8 Å². The van der Waals surface area contributed by atoms with Crippen molar-refractivity contribution in [3.05, 3.63) is 18.2 Å². The lowest BCUT2D eigenvalue weighted by atomic mass is 10.3. The Hall–Kier alpha value is -1.10. The Kier molecular flexibility index (Phi) is 5.25. The first-order valence-electron chi connectivity index (χ1n) is 5.20. The van der Waals surface area contributed by atoms with Gasteiger partial charge in [0.1, 0.15) is 5.82 Å². The highest BCUT2D eigenvalue weighted by atomic mass is 32.2. The lowest BCUT2D eigenvalue weighted by molar-refractivity contribution is 0.398. The molecule has 0 saturated heterocycles. The van der Waals surface area contributed by atoms with Gasteiger partial charge in [0.25, 0.3) is 0 Å². The predicted molar refractivity (Wildman–Crippen MR) is 67.4 cm³/mol. The van der Waals surface area contributed by atoms with Crippen LogP contribution in [-0.4, -0.2) is 34.4 Å². The molecule has 0 saturated carbocycles. The van der Waals surface area contributed by atoms with Crippen LogP contribution in [0.4, 0.5) is 5.82 Å². The average Bonchev–Trinajstić information content (AvgIpc) is 2.29. The predicted octanol–water partition coefficient (Wildman–Crippen LogP) is 1.66. The van der Waals surface area contributed by atoms with E-state index < -0.39 is 10.8 Å². The van der Waals surface area contributed by atoms with E-state index in [2.05, 4.69) is 10.3 Å². The molecule has 0 spiro atoms. The normalized spacial score (nSPS) is 14.2. The minimum absolute atomic E-state index is 0.207. The second-order valence-corrected chi connectivity index (χ2v) is 5.39. The molecular formula is C11H18N2O2S. The molecule has 0 aliphatic rings. The highest BCUT2D eigenvalue weighted by Crippen LogP contribution is 2.10. The number of nitrogens with one attached hydrogen (secondary N) is 1. The fourth-order valence-corrected chi connectivity index (χ4v) is 1.65. The number of methoxy groups -OCH3 is 1. The van der Waals surface area contributed by atoms with Gasteiger partial charge >= 0.3 is 0 Å². The molecule has 0 amide bonds. The number of ether oxygens (including phenoxy) is 1. The minimum atomic E-state index is -0.759. The quantitative estimate of drug-likeness (QED) is 0.824. The molecular weight excluding hydrogens is 224 g/mol. The van der Waals surface area contributed by atoms with Gasteiger partial charge in [0.2, 0.25) is 5.88 Å². The van der Waals surface area contributed by atoms with Crippen molar-refractivity contribution in [1.29, 1.82) is 0 Å². The third-order valence-electron chi connectivity index (χ3n) is 2.36. The van der Waals surface area contributed by atoms with Gasteiger partial charge in [-0.15, -0.1) is 0 Å². The first-order valence-corrected chi connectivity index (χ1v) is 6.82. The van der Waals surface area contributed by atoms with Crippen LogP contribution < -0.4 is 10.1 Å². The standard InChI is InChI=1S/C11H18N2O2S/c1-9(16(3)14)7-8-12-10-5-4-6-11(13-10)15-2/h4-6,9H,7-8H2,1-3H3,(H,12,13). The molecule has 2 unspecified atom stereocenters. The molecule has 1 rings (SSSR count). The number of anilines is 1. The van der Waals surface area contributed by atoms with Crippen molar-refractivity contribution in [2.24, 2.45) is 0 Å². The number of nitrogens with zero attached hydrogens (tertiary/aromatic N) is 1. The Morgan fingerprint density at radius 3 is 2.94 bits per heavy atom. The Balaban J connectivity index is 2.39. The van der Waals surface area contributed by atoms with Gasteiger partial charge in [-0.2, -0.15) is 4.98 Å². The fraction of sp³-hybridized carbons (Fsp3) is 0.545. The summed E-state index contributed by atoms with van der Waals surface area (Å²) in [4.78, 5) is 4.22. The maximum absolute atomic E-state index is 11.1. The molecule has 1 aromatic rings. The van der Waals surface area contributed by atoms with Crippen LogP contribution in [0.25, 0.3) is 0 Å². The van der Waals surface area contributed by atoms with Crippen LogP contribution in [0.3, 0.4) is 0 Å². The molecule has 1 heterocycles. The van der Waals surface area contributed by atoms with E-state index in [9.17, 15) is 4.21 Å². The fourth-order valence-electron chi connectivity index (χ4n) is 1.20. The van der Waals surface area contributed by atoms with E-state index in [4.69, 9.17) is 4.74 Å². The van der Waals surface area contributed by atoms with E-state index in [0.29, 0.717) is 5.88 Å². The van der Waals surface area contributed by atoms with Gasteiger partial charge in [-0.05, 0) is 12.5 Å². The lowest BCUT2D eigenvalue weighted by Gasteiger charge is -2.10. The minimum Gasteiger partial charge on any atom is -0.481 e. The number of aromatic nitrogens is 1. The van der Waals surface area contributed by atoms with Crippen molar-refractivity contribution in [2.45, 2.75) is 18.6 Å². The first kappa shape index (κ1) is 13.0. The van der Waals surface area contributed by atoms with Crippen LogP contribution in [-0.2, 0) is 10.8 Å². The lowest BCUT2D eigenvalue weighted by Crippen LogP contribution is -2.15. The van der Waals surface area contributed by atoms with E-state index in [-0.39, 0.29) is 5.25 Å². The average molecular weight is 242 g/mol. The van der Waals surface area contributed by atoms with Crippen LogP contribution in [0.1, 0.15) is 13.3 Å². The molecule has 16 heavy (non-hydrogen) atoms. The molecule has 1 aromatic heterocycles. The number of pyridine rings is 1. The molecule has 0 radical (unpaired) electrons. The van der Waals surface area contributed by atoms with Gasteiger partial charge in [-0.1, -0.05) is 13.0 Å². The molecule has 1 N–H and O–H groups in total. The highest BCUT2D eigenvalue weighted by molar-refractivity contribution is 7.84. The van der Waals surface area contributed by atoms with Crippen LogP contribution in [0, 0.1) is 0 Å². The second kappa shape index (κ2) is 6.48. The van der Waals surface area contributed by atoms with E-state index in [1.165, 1.54) is 0 Å². The van der Waals surface area contributed by atoms with Gasteiger partial charge in [-0.25, -0.2) is 0 Å². The summed E-state index contributed by atoms with van der Waals surface area (Å²) in [5.74, 6) is 1.38. The molecule has 0 fully saturated rings. The van der Waals surface area contributed by atoms with Crippen molar-refractivity contribution in [3.8, 4) is 5.88 Å². The van der Waals surface area contributed by atoms with Crippen molar-refractivity contribution in [1.82, 2.24) is 4.98 Å². The van der Waals surface area contributed by atoms with Crippen LogP contribution in [0.15, 0.2) is 18.2 Å². The summed E-state index contributed by atoms with van der Waals surface area (Å²) in [5, 5.41) is 3.39. The third kappa shape index (κ3) is 4.18. The number of rotatable bonds is 6. The maximum atomic E-state index is 11.1. The highest BCUT2D eigenvalue weighted by Gasteiger charge is 2.05. The summed E-state index contributed by atoms with van der Waals surface area (Å²) in [6.07, 6.45) is 2.59. The monoisotopic (exact) mass is 242 g/mol. The number of hydrogen-bond acceptors (Lipinski definition) is 4. The van der Waals surface area contributed by atoms with Crippen LogP contribution in [0.2, 0.25) is 0 Å². The van der Waals surface area contributed by atoms with Gasteiger partial charge in [-0.3, -0.25) is 4.21 Å². The van der Waals surface area contributed by atoms with Crippen molar-refractivity contribution < 1.29 is 8.95 Å². The topological polar surface area (TPSA) is 51.2 Å². The first-order chi connectivity index (χ1) is 7.63. The molecule has 5 heteroatoms. The number of hydrogen-bond donors (Lipinski definition) is 1. The van der Waals surface area contributed by atoms with Gasteiger partial charge in [0.15, 0.2) is 0 Å². The SMILES string of the molecule is COc1cccc(NCCC(C)S(C)=O)n1. The molecule has 0 bridgehead atoms. The summed E-state index contributed by atoms with van der Waals surface area (Å²) < 4.78 is 16.2. The van der Waals surface area contributed by atoms with Crippen LogP contribution >= 0.6 is 0 Å². The van der Waals surface area contributed by atoms with Crippen molar-refractivity contribution in [3.63, 3.8) is 0 Å². The van der Waals surface area contributed by atoms with Crippen molar-refractivity contribution >= 4 is 16.6 Å². The summed E-state index contributed by atoms with van der Waals surface area (Å²) in [7, 11) is 0.832. The smallest absolute Gasteiger partial charge is 0.214 e. The Labute approximate surface area is 98.9 Å². The second-order valence-electron chi connectivity index (χ2n) is 3.59. The molecule has 0 aliphatic heterocycles. The van der Waals surface area contributed by atoms with E-state index >= 15 is 0 Å². The molecule has 90 valence electrons. The van der Waals surface area contributed by atoms with Crippen LogP contribution in [0.5, 0.6) is 5.88 Å². The zero-order valence-electron chi connectivity index (χ0n) is 9.90. The molecule has 0 aromatic carbocycles. The molecule has 2 atom stereocenters. The largest absolute Gasteiger partial charge is 0.481 e. The zero-order chi connectivity index (χ0) is 12.0. The van der Waals surface area contributed by atoms with Gasteiger partial charge in [0, 0.05) is 34.9 Å². The molecule has 4 nitrogen and oxygen atoms in total. The maximum Gasteiger partial charge on any atom is 0.214 e. The van der Waals surface area contributed by atoms with E-state index in [1.54, 1.807) is 19.4 Å². The Bertz CT molecular complexity index is 358. The molecule has 0 aliphatic carbocycles. The Morgan fingerprint density at radius 1 is 1.56 bits per heavy atom. The van der Waals surface area contributed by atoms with Gasteiger partial charge < -0.3 is 10.1 Å². The zero-order valence-corrected chi connectivity index (χ0v) is 10.7. The third-order valence-corrected chi connectivity index (χ3v) is 3.73. The summed E-state index contributed by atoms with van der Waals surface area (Å²) >= 11 is 0. The van der Waals surface area contributed by atoms with Gasteiger partial charge in [0.05, 0.1) is 7.11 Å². The Morgan fingerprint density at radius 2 is 2.31 bits per heavy atom. The van der Waals surface area contributed by atoms with E-state index in [1.807, 2.05) is 19.1 Å². The summed E-state index contributed by atoms with van der Waals surface area (Å²) in [6.45, 7) is 2.75.